The number of rotatable bonds is 38. The fraction of sp³-hybridized carbons (Fsp3) is 0.769. The first kappa shape index (κ1) is 55.2. The lowest BCUT2D eigenvalue weighted by atomic mass is 9.94. The molecule has 0 aromatic carbocycles. The van der Waals surface area contributed by atoms with E-state index >= 15 is 0 Å². The van der Waals surface area contributed by atoms with Gasteiger partial charge in [-0.25, -0.2) is 0 Å². The maximum Gasteiger partial charge on any atom is 0.308 e. The average molecular weight is 883 g/mol. The summed E-state index contributed by atoms with van der Waals surface area (Å²) in [5.41, 5.74) is 1.51. The van der Waals surface area contributed by atoms with Crippen LogP contribution in [0.5, 0.6) is 0 Å². The summed E-state index contributed by atoms with van der Waals surface area (Å²) >= 11 is 1.44. The predicted molar refractivity (Wildman–Crippen MR) is 262 cm³/mol. The molecule has 1 atom stereocenters. The molecule has 10 heteroatoms. The Balaban J connectivity index is 1.81. The normalized spacial score (nSPS) is 13.3. The van der Waals surface area contributed by atoms with Crippen LogP contribution in [0.1, 0.15) is 221 Å². The first-order valence-electron chi connectivity index (χ1n) is 25.3. The van der Waals surface area contributed by atoms with Crippen molar-refractivity contribution in [2.45, 2.75) is 214 Å². The number of unbranched alkanes of at least 4 members (excludes halogenated alkanes) is 18. The molecule has 0 aliphatic carbocycles. The minimum Gasteiger partial charge on any atom is -0.465 e. The lowest BCUT2D eigenvalue weighted by molar-refractivity contribution is -0.149. The number of amides is 3. The van der Waals surface area contributed by atoms with Gasteiger partial charge in [-0.2, -0.15) is 0 Å². The van der Waals surface area contributed by atoms with Crippen LogP contribution in [0.2, 0.25) is 0 Å². The van der Waals surface area contributed by atoms with Crippen LogP contribution in [0.25, 0.3) is 0 Å². The molecule has 2 rings (SSSR count). The smallest absolute Gasteiger partial charge is 0.308 e. The van der Waals surface area contributed by atoms with Crippen molar-refractivity contribution in [3.63, 3.8) is 0 Å². The molecule has 1 unspecified atom stereocenters. The van der Waals surface area contributed by atoms with Crippen LogP contribution in [-0.4, -0.2) is 73.8 Å². The van der Waals surface area contributed by atoms with E-state index in [4.69, 9.17) is 4.74 Å². The summed E-state index contributed by atoms with van der Waals surface area (Å²) in [6.45, 7) is 9.35. The number of carbonyl (C=O) groups excluding carboxylic acids is 4. The number of nitrogens with one attached hydrogen (secondary N) is 2. The third kappa shape index (κ3) is 25.3. The van der Waals surface area contributed by atoms with Crippen LogP contribution in [0.3, 0.4) is 0 Å². The van der Waals surface area contributed by atoms with E-state index < -0.39 is 0 Å². The second kappa shape index (κ2) is 36.4. The van der Waals surface area contributed by atoms with Crippen LogP contribution >= 0.6 is 11.3 Å². The minimum absolute atomic E-state index is 0.00420. The van der Waals surface area contributed by atoms with E-state index in [1.807, 2.05) is 23.9 Å². The van der Waals surface area contributed by atoms with Crippen molar-refractivity contribution in [2.75, 3.05) is 45.7 Å². The molecule has 1 aliphatic heterocycles. The van der Waals surface area contributed by atoms with E-state index in [0.29, 0.717) is 69.0 Å². The zero-order valence-electron chi connectivity index (χ0n) is 40.3. The van der Waals surface area contributed by atoms with E-state index in [2.05, 4.69) is 55.7 Å². The maximum absolute atomic E-state index is 13.6. The van der Waals surface area contributed by atoms with Crippen LogP contribution in [0.15, 0.2) is 24.3 Å². The average Bonchev–Trinajstić information content (AvgIpc) is 3.61. The number of ether oxygens (including phenoxy) is 1. The summed E-state index contributed by atoms with van der Waals surface area (Å²) in [5.74, 6) is -0.179. The van der Waals surface area contributed by atoms with Crippen molar-refractivity contribution < 1.29 is 23.9 Å². The highest BCUT2D eigenvalue weighted by atomic mass is 32.1. The van der Waals surface area contributed by atoms with Gasteiger partial charge in [0.25, 0.3) is 5.91 Å². The summed E-state index contributed by atoms with van der Waals surface area (Å²) in [4.78, 5) is 58.1. The van der Waals surface area contributed by atoms with Gasteiger partial charge in [0.15, 0.2) is 0 Å². The van der Waals surface area contributed by atoms with Crippen LogP contribution in [0, 0.1) is 5.92 Å². The Morgan fingerprint density at radius 3 is 1.95 bits per heavy atom. The Bertz CT molecular complexity index is 1420. The zero-order valence-corrected chi connectivity index (χ0v) is 41.1. The van der Waals surface area contributed by atoms with Gasteiger partial charge in [0.1, 0.15) is 5.00 Å². The summed E-state index contributed by atoms with van der Waals surface area (Å²) in [6, 6.07) is 0. The van der Waals surface area contributed by atoms with Crippen molar-refractivity contribution >= 4 is 40.0 Å². The van der Waals surface area contributed by atoms with Crippen LogP contribution in [-0.2, 0) is 32.1 Å². The molecule has 1 aliphatic rings. The summed E-state index contributed by atoms with van der Waals surface area (Å²) in [7, 11) is 3.94. The molecule has 354 valence electrons. The number of hydrogen-bond acceptors (Lipinski definition) is 7. The molecule has 0 spiro atoms. The Morgan fingerprint density at radius 2 is 1.27 bits per heavy atom. The first-order valence-corrected chi connectivity index (χ1v) is 26.1. The number of anilines is 1. The molecule has 0 fully saturated rings. The van der Waals surface area contributed by atoms with E-state index in [-0.39, 0.29) is 29.6 Å². The van der Waals surface area contributed by atoms with Crippen LogP contribution in [0.4, 0.5) is 5.00 Å². The number of thiophene rings is 1. The van der Waals surface area contributed by atoms with E-state index in [9.17, 15) is 19.2 Å². The molecule has 0 bridgehead atoms. The second-order valence-electron chi connectivity index (χ2n) is 17.9. The minimum atomic E-state index is -0.175. The summed E-state index contributed by atoms with van der Waals surface area (Å²) in [6.07, 6.45) is 39.4. The third-order valence-corrected chi connectivity index (χ3v) is 13.1. The van der Waals surface area contributed by atoms with Gasteiger partial charge in [0, 0.05) is 37.4 Å². The van der Waals surface area contributed by atoms with Crippen molar-refractivity contribution in [2.24, 2.45) is 5.92 Å². The van der Waals surface area contributed by atoms with Gasteiger partial charge in [-0.1, -0.05) is 141 Å². The molecule has 0 saturated heterocycles. The fourth-order valence-corrected chi connectivity index (χ4v) is 9.36. The van der Waals surface area contributed by atoms with Crippen molar-refractivity contribution in [1.29, 1.82) is 0 Å². The van der Waals surface area contributed by atoms with Crippen molar-refractivity contribution in [1.82, 2.24) is 15.1 Å². The highest BCUT2D eigenvalue weighted by molar-refractivity contribution is 7.17. The molecule has 3 amide bonds. The number of allylic oxidation sites excluding steroid dienone is 4. The lowest BCUT2D eigenvalue weighted by Crippen LogP contribution is -2.36. The predicted octanol–water partition coefficient (Wildman–Crippen LogP) is 13.1. The van der Waals surface area contributed by atoms with Gasteiger partial charge in [0.05, 0.1) is 24.6 Å². The summed E-state index contributed by atoms with van der Waals surface area (Å²) in [5, 5.41) is 6.71. The monoisotopic (exact) mass is 883 g/mol. The van der Waals surface area contributed by atoms with E-state index in [1.54, 1.807) is 0 Å². The molecular formula is C52H90N4O5S. The number of fused-ring (bicyclic) bond motifs is 1. The zero-order chi connectivity index (χ0) is 45.0. The molecule has 1 aromatic rings. The van der Waals surface area contributed by atoms with E-state index in [0.717, 1.165) is 81.1 Å². The van der Waals surface area contributed by atoms with Gasteiger partial charge < -0.3 is 25.2 Å². The number of carbonyl (C=O) groups is 4. The number of likely N-dealkylation sites (N-methyl/N-ethyl adjacent to an activating group) is 1. The Kier molecular flexibility index (Phi) is 32.4. The largest absolute Gasteiger partial charge is 0.465 e. The summed E-state index contributed by atoms with van der Waals surface area (Å²) < 4.78 is 5.77. The molecule has 62 heavy (non-hydrogen) atoms. The SMILES string of the molecule is CCCCC/C=C\C/C=C\CCCCCCCC(=O)N1CCc2c(sc(NC(=O)CCCCCOC(=O)C(CCCCCC)CCCCCCCC)c2C(=O)NCCN(C)C)C1. The quantitative estimate of drug-likeness (QED) is 0.0389. The number of nitrogens with zero attached hydrogens (tertiary/aromatic N) is 2. The molecule has 0 saturated carbocycles. The Hall–Kier alpha value is -2.98. The van der Waals surface area contributed by atoms with Gasteiger partial charge in [-0.05, 0) is 96.7 Å². The molecule has 2 N–H and O–H groups in total. The van der Waals surface area contributed by atoms with Crippen molar-refractivity contribution in [3.8, 4) is 0 Å². The first-order chi connectivity index (χ1) is 30.2. The lowest BCUT2D eigenvalue weighted by Gasteiger charge is -2.27. The van der Waals surface area contributed by atoms with Crippen molar-refractivity contribution in [3.05, 3.63) is 40.3 Å². The van der Waals surface area contributed by atoms with Gasteiger partial charge in [0.2, 0.25) is 11.8 Å². The topological polar surface area (TPSA) is 108 Å². The molecule has 0 radical (unpaired) electrons. The molecule has 2 heterocycles. The second-order valence-corrected chi connectivity index (χ2v) is 19.0. The molecule has 1 aromatic heterocycles. The van der Waals surface area contributed by atoms with Crippen LogP contribution < -0.4 is 10.6 Å². The fourth-order valence-electron chi connectivity index (χ4n) is 8.08. The maximum atomic E-state index is 13.6. The Labute approximate surface area is 383 Å². The highest BCUT2D eigenvalue weighted by Gasteiger charge is 2.30. The van der Waals surface area contributed by atoms with Gasteiger partial charge >= 0.3 is 5.97 Å². The molecular weight excluding hydrogens is 793 g/mol. The van der Waals surface area contributed by atoms with Gasteiger partial charge in [-0.15, -0.1) is 11.3 Å². The van der Waals surface area contributed by atoms with Gasteiger partial charge in [-0.3, -0.25) is 19.2 Å². The highest BCUT2D eigenvalue weighted by Crippen LogP contribution is 2.37. The van der Waals surface area contributed by atoms with E-state index in [1.165, 1.54) is 101 Å². The molecule has 9 nitrogen and oxygen atoms in total. The number of hydrogen-bond donors (Lipinski definition) is 2. The Morgan fingerprint density at radius 1 is 0.710 bits per heavy atom. The number of esters is 1. The third-order valence-electron chi connectivity index (χ3n) is 12.0. The standard InChI is InChI=1S/C52H90N4O5S/c1-6-9-12-15-17-18-19-20-21-22-23-24-25-27-32-37-48(58)56-40-38-45-46(43-56)62-51(49(45)50(59)53-39-41-55(4)5)54-47(57)36-31-28-33-42-61-52(60)44(34-29-14-11-8-3)35-30-26-16-13-10-7-2/h17-18,20-21,44H,6-16,19,22-43H2,1-5H3,(H,53,59)(H,54,57)/b18-17-,21-20-.